The van der Waals surface area contributed by atoms with Gasteiger partial charge in [-0.3, -0.25) is 14.5 Å². The summed E-state index contributed by atoms with van der Waals surface area (Å²) < 4.78 is 10.8. The van der Waals surface area contributed by atoms with Crippen molar-refractivity contribution >= 4 is 17.8 Å². The summed E-state index contributed by atoms with van der Waals surface area (Å²) in [6.07, 6.45) is 1.46. The minimum atomic E-state index is -0.508. The number of imide groups is 1. The predicted molar refractivity (Wildman–Crippen MR) is 118 cm³/mol. The maximum atomic E-state index is 12.5. The number of ether oxygens (including phenoxy) is 1. The van der Waals surface area contributed by atoms with Crippen LogP contribution in [-0.2, 0) is 17.9 Å². The van der Waals surface area contributed by atoms with Gasteiger partial charge in [0, 0.05) is 5.56 Å². The topological polar surface area (TPSA) is 89.7 Å². The van der Waals surface area contributed by atoms with Crippen LogP contribution >= 0.6 is 0 Å². The van der Waals surface area contributed by atoms with E-state index in [2.05, 4.69) is 4.98 Å². The fourth-order valence-corrected chi connectivity index (χ4v) is 3.62. The van der Waals surface area contributed by atoms with Crippen molar-refractivity contribution in [2.75, 3.05) is 0 Å². The van der Waals surface area contributed by atoms with E-state index in [9.17, 15) is 14.4 Å². The maximum Gasteiger partial charge on any atom is 0.338 e. The number of oxazole rings is 1. The van der Waals surface area contributed by atoms with Gasteiger partial charge in [0.05, 0.1) is 23.2 Å². The second-order valence-corrected chi connectivity index (χ2v) is 7.53. The molecule has 7 nitrogen and oxygen atoms in total. The average molecular weight is 438 g/mol. The van der Waals surface area contributed by atoms with Crippen LogP contribution in [0.1, 0.15) is 42.3 Å². The summed E-state index contributed by atoms with van der Waals surface area (Å²) in [6, 6.07) is 22.8. The van der Waals surface area contributed by atoms with Gasteiger partial charge in [0.2, 0.25) is 5.89 Å². The summed E-state index contributed by atoms with van der Waals surface area (Å²) in [6.45, 7) is 0.106. The lowest BCUT2D eigenvalue weighted by Crippen LogP contribution is -2.29. The van der Waals surface area contributed by atoms with Crippen LogP contribution in [0.2, 0.25) is 0 Å². The second kappa shape index (κ2) is 8.55. The molecular weight excluding hydrogens is 420 g/mol. The van der Waals surface area contributed by atoms with Crippen molar-refractivity contribution < 1.29 is 23.5 Å². The first-order valence-electron chi connectivity index (χ1n) is 10.3. The van der Waals surface area contributed by atoms with Gasteiger partial charge in [-0.05, 0) is 42.0 Å². The molecule has 0 spiro atoms. The highest BCUT2D eigenvalue weighted by Gasteiger charge is 2.34. The number of carbonyl (C=O) groups is 3. The molecule has 3 aromatic carbocycles. The van der Waals surface area contributed by atoms with Crippen LogP contribution in [0.3, 0.4) is 0 Å². The minimum absolute atomic E-state index is 0.0219. The molecule has 0 N–H and O–H groups in total. The number of benzene rings is 3. The van der Waals surface area contributed by atoms with Gasteiger partial charge in [-0.15, -0.1) is 0 Å². The normalized spacial score (nSPS) is 12.7. The number of esters is 1. The third kappa shape index (κ3) is 4.04. The van der Waals surface area contributed by atoms with Crippen molar-refractivity contribution in [2.45, 2.75) is 13.2 Å². The molecular formula is C26H18N2O5. The summed E-state index contributed by atoms with van der Waals surface area (Å²) in [7, 11) is 0. The molecule has 0 radical (unpaired) electrons. The summed E-state index contributed by atoms with van der Waals surface area (Å²) >= 11 is 0. The molecule has 162 valence electrons. The molecule has 7 heteroatoms. The predicted octanol–water partition coefficient (Wildman–Crippen LogP) is 4.49. The lowest BCUT2D eigenvalue weighted by atomic mass is 10.1. The standard InChI is InChI=1S/C26H18N2O5/c29-24-21-8-4-5-9-22(21)25(30)28(24)14-17-10-12-19(13-11-17)26(31)33-16-20-15-32-23(27-20)18-6-2-1-3-7-18/h1-13,15H,14,16H2. The first kappa shape index (κ1) is 20.4. The number of fused-ring (bicyclic) bond motifs is 1. The van der Waals surface area contributed by atoms with E-state index >= 15 is 0 Å². The van der Waals surface area contributed by atoms with Crippen molar-refractivity contribution in [3.05, 3.63) is 113 Å². The van der Waals surface area contributed by atoms with E-state index in [4.69, 9.17) is 9.15 Å². The molecule has 2 heterocycles. The molecule has 4 aromatic rings. The maximum absolute atomic E-state index is 12.5. The van der Waals surface area contributed by atoms with Gasteiger partial charge in [-0.25, -0.2) is 9.78 Å². The Hall–Kier alpha value is -4.52. The van der Waals surface area contributed by atoms with E-state index in [0.717, 1.165) is 11.1 Å². The zero-order chi connectivity index (χ0) is 22.8. The minimum Gasteiger partial charge on any atom is -0.455 e. The van der Waals surface area contributed by atoms with Gasteiger partial charge in [0.1, 0.15) is 18.6 Å². The first-order chi connectivity index (χ1) is 16.1. The Bertz CT molecular complexity index is 1310. The molecule has 1 aromatic heterocycles. The number of amides is 2. The zero-order valence-corrected chi connectivity index (χ0v) is 17.4. The van der Waals surface area contributed by atoms with Gasteiger partial charge in [0.15, 0.2) is 0 Å². The molecule has 0 aliphatic carbocycles. The first-order valence-corrected chi connectivity index (χ1v) is 10.3. The number of hydrogen-bond acceptors (Lipinski definition) is 6. The molecule has 0 saturated carbocycles. The fourth-order valence-electron chi connectivity index (χ4n) is 3.62. The third-order valence-corrected chi connectivity index (χ3v) is 5.33. The molecule has 5 rings (SSSR count). The van der Waals surface area contributed by atoms with E-state index in [0.29, 0.717) is 28.3 Å². The van der Waals surface area contributed by atoms with Gasteiger partial charge < -0.3 is 9.15 Å². The monoisotopic (exact) mass is 438 g/mol. The van der Waals surface area contributed by atoms with E-state index in [1.54, 1.807) is 48.5 Å². The number of nitrogens with zero attached hydrogens (tertiary/aromatic N) is 2. The molecule has 0 unspecified atom stereocenters. The lowest BCUT2D eigenvalue weighted by Gasteiger charge is -2.14. The second-order valence-electron chi connectivity index (χ2n) is 7.53. The molecule has 1 aliphatic rings. The highest BCUT2D eigenvalue weighted by Crippen LogP contribution is 2.24. The largest absolute Gasteiger partial charge is 0.455 e. The number of hydrogen-bond donors (Lipinski definition) is 0. The van der Waals surface area contributed by atoms with E-state index < -0.39 is 5.97 Å². The fraction of sp³-hybridized carbons (Fsp3) is 0.0769. The highest BCUT2D eigenvalue weighted by molar-refractivity contribution is 6.21. The number of rotatable bonds is 6. The lowest BCUT2D eigenvalue weighted by molar-refractivity contribution is 0.0466. The Morgan fingerprint density at radius 3 is 2.15 bits per heavy atom. The Morgan fingerprint density at radius 1 is 0.848 bits per heavy atom. The molecule has 0 fully saturated rings. The van der Waals surface area contributed by atoms with Crippen molar-refractivity contribution in [3.8, 4) is 11.5 Å². The molecule has 0 saturated heterocycles. The molecule has 0 atom stereocenters. The van der Waals surface area contributed by atoms with Crippen molar-refractivity contribution in [2.24, 2.45) is 0 Å². The SMILES string of the molecule is O=C(OCc1coc(-c2ccccc2)n1)c1ccc(CN2C(=O)c3ccccc3C2=O)cc1. The van der Waals surface area contributed by atoms with Crippen LogP contribution in [0, 0.1) is 0 Å². The Balaban J connectivity index is 1.20. The van der Waals surface area contributed by atoms with E-state index in [-0.39, 0.29) is 25.0 Å². The van der Waals surface area contributed by atoms with Gasteiger partial charge >= 0.3 is 5.97 Å². The summed E-state index contributed by atoms with van der Waals surface area (Å²) in [4.78, 5) is 43.0. The Morgan fingerprint density at radius 2 is 1.48 bits per heavy atom. The molecule has 33 heavy (non-hydrogen) atoms. The van der Waals surface area contributed by atoms with Crippen LogP contribution in [0.5, 0.6) is 0 Å². The van der Waals surface area contributed by atoms with Crippen LogP contribution in [0.4, 0.5) is 0 Å². The van der Waals surface area contributed by atoms with Gasteiger partial charge in [-0.2, -0.15) is 0 Å². The number of carbonyl (C=O) groups excluding carboxylic acids is 3. The molecule has 2 amide bonds. The Kier molecular flexibility index (Phi) is 5.28. The van der Waals surface area contributed by atoms with Crippen molar-refractivity contribution in [1.29, 1.82) is 0 Å². The van der Waals surface area contributed by atoms with Crippen LogP contribution in [-0.4, -0.2) is 27.7 Å². The van der Waals surface area contributed by atoms with Crippen LogP contribution in [0.15, 0.2) is 89.5 Å². The van der Waals surface area contributed by atoms with E-state index in [1.807, 2.05) is 30.3 Å². The molecule has 0 bridgehead atoms. The summed E-state index contributed by atoms with van der Waals surface area (Å²) in [5, 5.41) is 0. The Labute approximate surface area is 189 Å². The van der Waals surface area contributed by atoms with Crippen LogP contribution in [0.25, 0.3) is 11.5 Å². The third-order valence-electron chi connectivity index (χ3n) is 5.33. The quantitative estimate of drug-likeness (QED) is 0.325. The van der Waals surface area contributed by atoms with Crippen LogP contribution < -0.4 is 0 Å². The van der Waals surface area contributed by atoms with Crippen molar-refractivity contribution in [3.63, 3.8) is 0 Å². The average Bonchev–Trinajstić information content (AvgIpc) is 3.43. The smallest absolute Gasteiger partial charge is 0.338 e. The van der Waals surface area contributed by atoms with Gasteiger partial charge in [0.25, 0.3) is 11.8 Å². The van der Waals surface area contributed by atoms with Gasteiger partial charge in [-0.1, -0.05) is 42.5 Å². The summed E-state index contributed by atoms with van der Waals surface area (Å²) in [5.74, 6) is -0.686. The summed E-state index contributed by atoms with van der Waals surface area (Å²) in [5.41, 5.74) is 3.24. The van der Waals surface area contributed by atoms with E-state index in [1.165, 1.54) is 11.2 Å². The molecule has 1 aliphatic heterocycles. The van der Waals surface area contributed by atoms with Crippen molar-refractivity contribution in [1.82, 2.24) is 9.88 Å². The zero-order valence-electron chi connectivity index (χ0n) is 17.4. The highest BCUT2D eigenvalue weighted by atomic mass is 16.5. The number of aromatic nitrogens is 1.